The molecule has 3 N–H and O–H groups in total. The number of hydrogen-bond acceptors (Lipinski definition) is 5. The second-order valence-corrected chi connectivity index (χ2v) is 4.66. The Morgan fingerprint density at radius 1 is 1.81 bits per heavy atom. The second-order valence-electron chi connectivity index (χ2n) is 3.80. The molecule has 0 spiro atoms. The molecular weight excluding hydrogens is 226 g/mol. The Kier molecular flexibility index (Phi) is 3.52. The average molecular weight is 241 g/mol. The summed E-state index contributed by atoms with van der Waals surface area (Å²) in [7, 11) is 1.47. The van der Waals surface area contributed by atoms with Crippen LogP contribution < -0.4 is 11.1 Å². The summed E-state index contributed by atoms with van der Waals surface area (Å²) in [6.45, 7) is 0.170. The molecule has 1 unspecified atom stereocenters. The molecule has 1 aromatic rings. The molecule has 16 heavy (non-hydrogen) atoms. The highest BCUT2D eigenvalue weighted by Gasteiger charge is 2.26. The molecule has 1 atom stereocenters. The molecule has 1 aliphatic rings. The molecule has 6 heteroatoms. The summed E-state index contributed by atoms with van der Waals surface area (Å²) < 4.78 is 4.94. The van der Waals surface area contributed by atoms with Crippen LogP contribution in [0.5, 0.6) is 0 Å². The molecule has 1 saturated carbocycles. The van der Waals surface area contributed by atoms with Gasteiger partial charge in [-0.3, -0.25) is 10.1 Å². The minimum absolute atomic E-state index is 0.170. The van der Waals surface area contributed by atoms with Crippen LogP contribution in [0.25, 0.3) is 0 Å². The predicted octanol–water partition coefficient (Wildman–Crippen LogP) is 0.933. The summed E-state index contributed by atoms with van der Waals surface area (Å²) in [6.07, 6.45) is 1.81. The van der Waals surface area contributed by atoms with Crippen LogP contribution in [0.2, 0.25) is 0 Å². The Morgan fingerprint density at radius 2 is 2.56 bits per heavy atom. The maximum absolute atomic E-state index is 11.6. The Hall–Kier alpha value is -0.980. The van der Waals surface area contributed by atoms with Crippen LogP contribution in [0.3, 0.4) is 0 Å². The summed E-state index contributed by atoms with van der Waals surface area (Å²) in [5, 5.41) is 5.34. The lowest BCUT2D eigenvalue weighted by atomic mass is 10.3. The van der Waals surface area contributed by atoms with Crippen LogP contribution in [0.4, 0.5) is 5.13 Å². The summed E-state index contributed by atoms with van der Waals surface area (Å²) in [4.78, 5) is 16.0. The Bertz CT molecular complexity index is 372. The van der Waals surface area contributed by atoms with Crippen molar-refractivity contribution >= 4 is 22.4 Å². The molecule has 1 fully saturated rings. The largest absolute Gasteiger partial charge is 0.370 e. The molecule has 0 aliphatic heterocycles. The number of nitrogens with two attached hydrogens (primary N) is 1. The van der Waals surface area contributed by atoms with Gasteiger partial charge in [-0.25, -0.2) is 4.98 Å². The van der Waals surface area contributed by atoms with Gasteiger partial charge in [-0.05, 0) is 12.8 Å². The predicted molar refractivity (Wildman–Crippen MR) is 62.6 cm³/mol. The summed E-state index contributed by atoms with van der Waals surface area (Å²) in [5.41, 5.74) is 6.48. The number of ether oxygens (including phenoxy) is 1. The van der Waals surface area contributed by atoms with Crippen LogP contribution in [0, 0.1) is 0 Å². The SMILES string of the molecule is COC(CN)C(=O)Nc1nc(C2CC2)cs1. The molecule has 1 amide bonds. The van der Waals surface area contributed by atoms with Gasteiger partial charge < -0.3 is 10.5 Å². The highest BCUT2D eigenvalue weighted by molar-refractivity contribution is 7.13. The van der Waals surface area contributed by atoms with Gasteiger partial charge in [0.25, 0.3) is 5.91 Å². The van der Waals surface area contributed by atoms with Gasteiger partial charge in [0.2, 0.25) is 0 Å². The standard InChI is InChI=1S/C10H15N3O2S/c1-15-8(4-11)9(14)13-10-12-7(5-16-10)6-2-3-6/h5-6,8H,2-4,11H2,1H3,(H,12,13,14). The lowest BCUT2D eigenvalue weighted by Gasteiger charge is -2.10. The molecule has 0 radical (unpaired) electrons. The van der Waals surface area contributed by atoms with E-state index in [-0.39, 0.29) is 12.5 Å². The quantitative estimate of drug-likeness (QED) is 0.804. The van der Waals surface area contributed by atoms with Crippen molar-refractivity contribution in [2.75, 3.05) is 19.0 Å². The van der Waals surface area contributed by atoms with E-state index in [0.29, 0.717) is 11.0 Å². The molecule has 2 rings (SSSR count). The molecule has 1 aliphatic carbocycles. The van der Waals surface area contributed by atoms with Gasteiger partial charge in [-0.2, -0.15) is 0 Å². The number of thiazole rings is 1. The number of rotatable bonds is 5. The van der Waals surface area contributed by atoms with Crippen molar-refractivity contribution in [2.24, 2.45) is 5.73 Å². The van der Waals surface area contributed by atoms with Gasteiger partial charge in [-0.1, -0.05) is 0 Å². The fraction of sp³-hybridized carbons (Fsp3) is 0.600. The van der Waals surface area contributed by atoms with E-state index < -0.39 is 6.10 Å². The third-order valence-corrected chi connectivity index (χ3v) is 3.31. The van der Waals surface area contributed by atoms with E-state index in [0.717, 1.165) is 5.69 Å². The number of nitrogens with one attached hydrogen (secondary N) is 1. The number of aromatic nitrogens is 1. The van der Waals surface area contributed by atoms with Crippen molar-refractivity contribution < 1.29 is 9.53 Å². The highest BCUT2D eigenvalue weighted by atomic mass is 32.1. The molecule has 0 bridgehead atoms. The van der Waals surface area contributed by atoms with E-state index in [1.807, 2.05) is 5.38 Å². The van der Waals surface area contributed by atoms with Crippen molar-refractivity contribution in [3.63, 3.8) is 0 Å². The van der Waals surface area contributed by atoms with Crippen LogP contribution in [-0.4, -0.2) is 30.6 Å². The first-order valence-electron chi connectivity index (χ1n) is 5.23. The Labute approximate surface area is 98.0 Å². The van der Waals surface area contributed by atoms with Gasteiger partial charge in [0.05, 0.1) is 5.69 Å². The number of methoxy groups -OCH3 is 1. The van der Waals surface area contributed by atoms with E-state index in [9.17, 15) is 4.79 Å². The first kappa shape index (κ1) is 11.5. The van der Waals surface area contributed by atoms with Gasteiger partial charge in [0.15, 0.2) is 5.13 Å². The summed E-state index contributed by atoms with van der Waals surface area (Å²) >= 11 is 1.45. The van der Waals surface area contributed by atoms with Crippen molar-refractivity contribution in [3.05, 3.63) is 11.1 Å². The number of nitrogens with zero attached hydrogens (tertiary/aromatic N) is 1. The fourth-order valence-electron chi connectivity index (χ4n) is 1.41. The first-order valence-corrected chi connectivity index (χ1v) is 6.11. The zero-order valence-electron chi connectivity index (χ0n) is 9.10. The number of carbonyl (C=O) groups is 1. The van der Waals surface area contributed by atoms with E-state index in [2.05, 4.69) is 10.3 Å². The zero-order chi connectivity index (χ0) is 11.5. The lowest BCUT2D eigenvalue weighted by Crippen LogP contribution is -2.35. The van der Waals surface area contributed by atoms with Crippen LogP contribution in [0.1, 0.15) is 24.5 Å². The molecule has 5 nitrogen and oxygen atoms in total. The second kappa shape index (κ2) is 4.90. The van der Waals surface area contributed by atoms with Crippen molar-refractivity contribution in [1.29, 1.82) is 0 Å². The average Bonchev–Trinajstić information content (AvgIpc) is 3.02. The van der Waals surface area contributed by atoms with E-state index in [1.165, 1.54) is 31.3 Å². The van der Waals surface area contributed by atoms with Crippen molar-refractivity contribution in [3.8, 4) is 0 Å². The van der Waals surface area contributed by atoms with Gasteiger partial charge in [0, 0.05) is 25.0 Å². The number of hydrogen-bond donors (Lipinski definition) is 2. The van der Waals surface area contributed by atoms with Crippen LogP contribution in [0.15, 0.2) is 5.38 Å². The van der Waals surface area contributed by atoms with Crippen LogP contribution >= 0.6 is 11.3 Å². The number of anilines is 1. The zero-order valence-corrected chi connectivity index (χ0v) is 9.92. The highest BCUT2D eigenvalue weighted by Crippen LogP contribution is 2.40. The fourth-order valence-corrected chi connectivity index (χ4v) is 2.20. The van der Waals surface area contributed by atoms with E-state index in [1.54, 1.807) is 0 Å². The summed E-state index contributed by atoms with van der Waals surface area (Å²) in [6, 6.07) is 0. The van der Waals surface area contributed by atoms with Crippen molar-refractivity contribution in [2.45, 2.75) is 24.9 Å². The molecular formula is C10H15N3O2S. The third kappa shape index (κ3) is 2.58. The minimum Gasteiger partial charge on any atom is -0.370 e. The first-order chi connectivity index (χ1) is 7.74. The lowest BCUT2D eigenvalue weighted by molar-refractivity contribution is -0.125. The molecule has 0 aromatic carbocycles. The smallest absolute Gasteiger partial charge is 0.256 e. The van der Waals surface area contributed by atoms with Crippen molar-refractivity contribution in [1.82, 2.24) is 4.98 Å². The minimum atomic E-state index is -0.603. The maximum atomic E-state index is 11.6. The van der Waals surface area contributed by atoms with E-state index in [4.69, 9.17) is 10.5 Å². The van der Waals surface area contributed by atoms with Gasteiger partial charge in [-0.15, -0.1) is 11.3 Å². The molecule has 1 heterocycles. The Morgan fingerprint density at radius 3 is 3.12 bits per heavy atom. The normalized spacial score (nSPS) is 17.1. The summed E-state index contributed by atoms with van der Waals surface area (Å²) in [5.74, 6) is 0.372. The molecule has 88 valence electrons. The van der Waals surface area contributed by atoms with Gasteiger partial charge >= 0.3 is 0 Å². The number of amides is 1. The molecule has 1 aromatic heterocycles. The maximum Gasteiger partial charge on any atom is 0.256 e. The van der Waals surface area contributed by atoms with E-state index >= 15 is 0 Å². The van der Waals surface area contributed by atoms with Crippen LogP contribution in [-0.2, 0) is 9.53 Å². The third-order valence-electron chi connectivity index (χ3n) is 2.54. The Balaban J connectivity index is 1.94. The topological polar surface area (TPSA) is 77.2 Å². The monoisotopic (exact) mass is 241 g/mol. The number of carbonyl (C=O) groups excluding carboxylic acids is 1. The molecule has 0 saturated heterocycles. The van der Waals surface area contributed by atoms with Gasteiger partial charge in [0.1, 0.15) is 6.10 Å².